The lowest BCUT2D eigenvalue weighted by atomic mass is 9.95. The molecule has 0 fully saturated rings. The van der Waals surface area contributed by atoms with E-state index < -0.39 is 0 Å². The molecule has 0 N–H and O–H groups in total. The maximum atomic E-state index is 11.7. The Morgan fingerprint density at radius 2 is 2.39 bits per heavy atom. The standard InChI is InChI=1S/C15H20N2O/c1-4-6-7-11(3)12-8-9-17-14(12)10-13(16-17)15(18)5-2/h4,6-7,10,12H,5,8-9H2,1-3H3/b6-4-,11-7+/t12-/m0/s1. The van der Waals surface area contributed by atoms with Crippen LogP contribution in [-0.2, 0) is 6.54 Å². The van der Waals surface area contributed by atoms with Gasteiger partial charge in [-0.2, -0.15) is 5.10 Å². The molecule has 0 saturated carbocycles. The molecular formula is C15H20N2O. The van der Waals surface area contributed by atoms with E-state index in [2.05, 4.69) is 24.2 Å². The van der Waals surface area contributed by atoms with Gasteiger partial charge in [-0.1, -0.05) is 30.7 Å². The van der Waals surface area contributed by atoms with Crippen molar-refractivity contribution in [2.75, 3.05) is 0 Å². The maximum Gasteiger partial charge on any atom is 0.182 e. The van der Waals surface area contributed by atoms with E-state index in [4.69, 9.17) is 0 Å². The molecule has 0 aromatic carbocycles. The third-order valence-corrected chi connectivity index (χ3v) is 3.51. The number of rotatable bonds is 4. The van der Waals surface area contributed by atoms with Gasteiger partial charge >= 0.3 is 0 Å². The van der Waals surface area contributed by atoms with Gasteiger partial charge < -0.3 is 0 Å². The van der Waals surface area contributed by atoms with Crippen LogP contribution in [-0.4, -0.2) is 15.6 Å². The summed E-state index contributed by atoms with van der Waals surface area (Å²) in [6.07, 6.45) is 7.85. The van der Waals surface area contributed by atoms with E-state index in [0.717, 1.165) is 13.0 Å². The van der Waals surface area contributed by atoms with Crippen molar-refractivity contribution >= 4 is 5.78 Å². The number of hydrogen-bond donors (Lipinski definition) is 0. The Bertz CT molecular complexity index is 509. The molecule has 2 heterocycles. The predicted octanol–water partition coefficient (Wildman–Crippen LogP) is 3.49. The van der Waals surface area contributed by atoms with Crippen LogP contribution in [0.15, 0.2) is 29.9 Å². The van der Waals surface area contributed by atoms with Gasteiger partial charge in [-0.3, -0.25) is 9.48 Å². The fourth-order valence-electron chi connectivity index (χ4n) is 2.43. The largest absolute Gasteiger partial charge is 0.292 e. The second-order valence-electron chi connectivity index (χ2n) is 4.73. The van der Waals surface area contributed by atoms with Crippen LogP contribution in [0.4, 0.5) is 0 Å². The molecule has 0 aliphatic carbocycles. The molecule has 0 bridgehead atoms. The Morgan fingerprint density at radius 3 is 3.06 bits per heavy atom. The average molecular weight is 244 g/mol. The SMILES string of the molecule is C/C=C\C=C(/C)[C@@H]1CCn2nc(C(=O)CC)cc21. The van der Waals surface area contributed by atoms with Gasteiger partial charge in [-0.05, 0) is 26.3 Å². The summed E-state index contributed by atoms with van der Waals surface area (Å²) in [7, 11) is 0. The van der Waals surface area contributed by atoms with Crippen molar-refractivity contribution in [3.63, 3.8) is 0 Å². The lowest BCUT2D eigenvalue weighted by molar-refractivity contribution is 0.0982. The zero-order valence-corrected chi connectivity index (χ0v) is 11.3. The first-order valence-corrected chi connectivity index (χ1v) is 6.57. The molecule has 0 amide bonds. The minimum Gasteiger partial charge on any atom is -0.292 e. The smallest absolute Gasteiger partial charge is 0.182 e. The van der Waals surface area contributed by atoms with Gasteiger partial charge in [0.15, 0.2) is 5.78 Å². The van der Waals surface area contributed by atoms with E-state index in [1.165, 1.54) is 11.3 Å². The number of carbonyl (C=O) groups excluding carboxylic acids is 1. The molecule has 3 nitrogen and oxygen atoms in total. The highest BCUT2D eigenvalue weighted by Crippen LogP contribution is 2.34. The molecule has 0 radical (unpaired) electrons. The lowest BCUT2D eigenvalue weighted by Crippen LogP contribution is -2.00. The van der Waals surface area contributed by atoms with Gasteiger partial charge in [0, 0.05) is 24.6 Å². The van der Waals surface area contributed by atoms with Gasteiger partial charge in [0.25, 0.3) is 0 Å². The first kappa shape index (κ1) is 12.8. The van der Waals surface area contributed by atoms with E-state index in [-0.39, 0.29) is 5.78 Å². The van der Waals surface area contributed by atoms with E-state index in [1.54, 1.807) is 0 Å². The number of allylic oxidation sites excluding steroid dienone is 4. The van der Waals surface area contributed by atoms with Gasteiger partial charge in [-0.25, -0.2) is 0 Å². The molecule has 1 atom stereocenters. The number of nitrogens with zero attached hydrogens (tertiary/aromatic N) is 2. The highest BCUT2D eigenvalue weighted by Gasteiger charge is 2.26. The molecule has 1 aliphatic heterocycles. The van der Waals surface area contributed by atoms with E-state index in [0.29, 0.717) is 18.0 Å². The summed E-state index contributed by atoms with van der Waals surface area (Å²) in [6.45, 7) is 6.95. The van der Waals surface area contributed by atoms with Gasteiger partial charge in [-0.15, -0.1) is 0 Å². The summed E-state index contributed by atoms with van der Waals surface area (Å²) in [6, 6.07) is 1.97. The molecule has 0 unspecified atom stereocenters. The molecule has 3 heteroatoms. The Kier molecular flexibility index (Phi) is 3.80. The van der Waals surface area contributed by atoms with E-state index in [1.807, 2.05) is 30.7 Å². The quantitative estimate of drug-likeness (QED) is 0.600. The van der Waals surface area contributed by atoms with Crippen LogP contribution in [0, 0.1) is 0 Å². The van der Waals surface area contributed by atoms with Crippen molar-refractivity contribution < 1.29 is 4.79 Å². The molecule has 0 spiro atoms. The van der Waals surface area contributed by atoms with Crippen LogP contribution >= 0.6 is 0 Å². The lowest BCUT2D eigenvalue weighted by Gasteiger charge is -2.08. The van der Waals surface area contributed by atoms with Crippen LogP contribution in [0.25, 0.3) is 0 Å². The highest BCUT2D eigenvalue weighted by molar-refractivity contribution is 5.94. The van der Waals surface area contributed by atoms with Crippen molar-refractivity contribution in [3.05, 3.63) is 41.3 Å². The number of fused-ring (bicyclic) bond motifs is 1. The van der Waals surface area contributed by atoms with Gasteiger partial charge in [0.05, 0.1) is 0 Å². The predicted molar refractivity (Wildman–Crippen MR) is 72.8 cm³/mol. The number of hydrogen-bond acceptors (Lipinski definition) is 2. The van der Waals surface area contributed by atoms with Crippen molar-refractivity contribution in [1.29, 1.82) is 0 Å². The van der Waals surface area contributed by atoms with Gasteiger partial charge in [0.1, 0.15) is 5.69 Å². The molecular weight excluding hydrogens is 224 g/mol. The molecule has 2 rings (SSSR count). The number of carbonyl (C=O) groups is 1. The Labute approximate surface area is 108 Å². The topological polar surface area (TPSA) is 34.9 Å². The van der Waals surface area contributed by atoms with Crippen molar-refractivity contribution in [2.24, 2.45) is 0 Å². The van der Waals surface area contributed by atoms with Gasteiger partial charge in [0.2, 0.25) is 0 Å². The molecule has 1 aromatic rings. The summed E-state index contributed by atoms with van der Waals surface area (Å²) in [4.78, 5) is 11.7. The van der Waals surface area contributed by atoms with Crippen molar-refractivity contribution in [3.8, 4) is 0 Å². The average Bonchev–Trinajstić information content (AvgIpc) is 2.94. The summed E-state index contributed by atoms with van der Waals surface area (Å²) < 4.78 is 1.99. The second-order valence-corrected chi connectivity index (χ2v) is 4.73. The minimum absolute atomic E-state index is 0.130. The van der Waals surface area contributed by atoms with Crippen LogP contribution in [0.2, 0.25) is 0 Å². The highest BCUT2D eigenvalue weighted by atomic mass is 16.1. The van der Waals surface area contributed by atoms with Crippen molar-refractivity contribution in [2.45, 2.75) is 46.1 Å². The van der Waals surface area contributed by atoms with Crippen LogP contribution in [0.3, 0.4) is 0 Å². The Hall–Kier alpha value is -1.64. The maximum absolute atomic E-state index is 11.7. The monoisotopic (exact) mass is 244 g/mol. The van der Waals surface area contributed by atoms with Crippen LogP contribution in [0.5, 0.6) is 0 Å². The fourth-order valence-corrected chi connectivity index (χ4v) is 2.43. The fraction of sp³-hybridized carbons (Fsp3) is 0.467. The molecule has 96 valence electrons. The van der Waals surface area contributed by atoms with Crippen molar-refractivity contribution in [1.82, 2.24) is 9.78 Å². The number of aromatic nitrogens is 2. The normalized spacial score (nSPS) is 19.5. The Morgan fingerprint density at radius 1 is 1.61 bits per heavy atom. The summed E-state index contributed by atoms with van der Waals surface area (Å²) in [5.74, 6) is 0.540. The Balaban J connectivity index is 2.27. The number of aryl methyl sites for hydroxylation is 1. The minimum atomic E-state index is 0.130. The first-order chi connectivity index (χ1) is 8.67. The molecule has 18 heavy (non-hydrogen) atoms. The van der Waals surface area contributed by atoms with Crippen LogP contribution < -0.4 is 0 Å². The molecule has 1 aromatic heterocycles. The third-order valence-electron chi connectivity index (χ3n) is 3.51. The third kappa shape index (κ3) is 2.30. The number of Topliss-reactive ketones (excluding diaryl/α,β-unsaturated/α-hetero) is 1. The molecule has 1 aliphatic rings. The van der Waals surface area contributed by atoms with E-state index >= 15 is 0 Å². The van der Waals surface area contributed by atoms with Crippen LogP contribution in [0.1, 0.15) is 55.7 Å². The molecule has 0 saturated heterocycles. The summed E-state index contributed by atoms with van der Waals surface area (Å²) >= 11 is 0. The summed E-state index contributed by atoms with van der Waals surface area (Å²) in [5, 5.41) is 4.40. The second kappa shape index (κ2) is 5.34. The number of ketones is 1. The summed E-state index contributed by atoms with van der Waals surface area (Å²) in [5.41, 5.74) is 3.14. The zero-order valence-electron chi connectivity index (χ0n) is 11.3. The van der Waals surface area contributed by atoms with E-state index in [9.17, 15) is 4.79 Å². The first-order valence-electron chi connectivity index (χ1n) is 6.57. The zero-order chi connectivity index (χ0) is 13.1.